The van der Waals surface area contributed by atoms with E-state index in [4.69, 9.17) is 14.4 Å². The lowest BCUT2D eigenvalue weighted by Gasteiger charge is -2.20. The highest BCUT2D eigenvalue weighted by Crippen LogP contribution is 2.45. The first-order valence-electron chi connectivity index (χ1n) is 22.5. The van der Waals surface area contributed by atoms with Gasteiger partial charge in [-0.25, -0.2) is 9.97 Å². The van der Waals surface area contributed by atoms with E-state index >= 15 is 4.57 Å². The van der Waals surface area contributed by atoms with Crippen molar-refractivity contribution in [3.05, 3.63) is 249 Å². The number of rotatable bonds is 9. The summed E-state index contributed by atoms with van der Waals surface area (Å²) in [5, 5.41) is 6.71. The van der Waals surface area contributed by atoms with Gasteiger partial charge in [-0.1, -0.05) is 231 Å². The molecule has 0 radical (unpaired) electrons. The molecule has 0 aliphatic heterocycles. The molecule has 0 amide bonds. The van der Waals surface area contributed by atoms with Crippen LogP contribution in [0.25, 0.3) is 100.0 Å². The second-order valence-electron chi connectivity index (χ2n) is 16.8. The molecule has 316 valence electrons. The van der Waals surface area contributed by atoms with Gasteiger partial charge in [-0.2, -0.15) is 0 Å². The average molecular weight is 877 g/mol. The zero-order chi connectivity index (χ0) is 44.7. The fraction of sp³-hybridized carbons (Fsp3) is 0. The number of aromatic nitrogens is 2. The van der Waals surface area contributed by atoms with Crippen molar-refractivity contribution < 1.29 is 8.98 Å². The summed E-state index contributed by atoms with van der Waals surface area (Å²) < 4.78 is 21.9. The third-order valence-electron chi connectivity index (χ3n) is 12.8. The first-order valence-corrected chi connectivity index (χ1v) is 24.2. The van der Waals surface area contributed by atoms with E-state index in [-0.39, 0.29) is 0 Å². The summed E-state index contributed by atoms with van der Waals surface area (Å²) in [6.07, 6.45) is 0. The van der Waals surface area contributed by atoms with Crippen LogP contribution in [0.15, 0.2) is 253 Å². The molecule has 0 N–H and O–H groups in total. The summed E-state index contributed by atoms with van der Waals surface area (Å²) in [5.41, 5.74) is 13.1. The van der Waals surface area contributed by atoms with Gasteiger partial charge in [0, 0.05) is 48.8 Å². The van der Waals surface area contributed by atoms with E-state index in [1.807, 2.05) is 109 Å². The molecule has 0 saturated heterocycles. The number of hydrogen-bond donors (Lipinski definition) is 0. The van der Waals surface area contributed by atoms with E-state index in [0.29, 0.717) is 5.82 Å². The maximum Gasteiger partial charge on any atom is 0.171 e. The molecule has 0 spiro atoms. The van der Waals surface area contributed by atoms with E-state index in [2.05, 4.69) is 140 Å². The Morgan fingerprint density at radius 1 is 0.328 bits per heavy atom. The van der Waals surface area contributed by atoms with Crippen LogP contribution in [-0.2, 0) is 4.57 Å². The van der Waals surface area contributed by atoms with Gasteiger partial charge in [-0.15, -0.1) is 0 Å². The van der Waals surface area contributed by atoms with Gasteiger partial charge >= 0.3 is 0 Å². The average Bonchev–Trinajstić information content (AvgIpc) is 3.81. The van der Waals surface area contributed by atoms with Crippen LogP contribution in [0.1, 0.15) is 0 Å². The lowest BCUT2D eigenvalue weighted by Crippen LogP contribution is -2.24. The number of benzene rings is 10. The van der Waals surface area contributed by atoms with Crippen molar-refractivity contribution in [2.75, 3.05) is 0 Å². The molecule has 12 rings (SSSR count). The van der Waals surface area contributed by atoms with Gasteiger partial charge in [0.2, 0.25) is 0 Å². The Bertz CT molecular complexity index is 3680. The van der Waals surface area contributed by atoms with Crippen LogP contribution >= 0.6 is 7.14 Å². The SMILES string of the molecule is O=P(c1ccccc1)(c1ccccc1)c1ccc(-c2cc3c(oc4cccc(-c5ccc(-c6ccc(-c7cc(-c8ccccc8)nc(-c8ccccc8)n7)cc6)cc5)c43)c3ccccc23)cc1. The first-order chi connectivity index (χ1) is 33.1. The van der Waals surface area contributed by atoms with E-state index in [1.54, 1.807) is 0 Å². The largest absolute Gasteiger partial charge is 0.455 e. The molecule has 0 unspecified atom stereocenters. The first kappa shape index (κ1) is 40.1. The minimum absolute atomic E-state index is 0.700. The van der Waals surface area contributed by atoms with E-state index in [0.717, 1.165) is 110 Å². The number of furan rings is 1. The molecule has 5 heteroatoms. The Balaban J connectivity index is 0.896. The standard InChI is InChI=1S/C62H41N2O2P/c65-67(49-20-9-3-10-21-49,50-22-11-4-12-23-50)51-38-36-45(37-39-51)55-40-56-60-52(26-15-27-59(60)66-61(56)54-25-14-13-24-53(54)55)44-32-28-42(29-33-44)43-30-34-47(35-31-43)58-41-57(46-16-5-1-6-17-46)63-62(64-58)48-18-7-2-8-19-48/h1-41H. The molecule has 10 aromatic carbocycles. The van der Waals surface area contributed by atoms with E-state index in [9.17, 15) is 0 Å². The Kier molecular flexibility index (Phi) is 10.1. The van der Waals surface area contributed by atoms with Crippen LogP contribution in [0.3, 0.4) is 0 Å². The van der Waals surface area contributed by atoms with Crippen LogP contribution < -0.4 is 15.9 Å². The van der Waals surface area contributed by atoms with Gasteiger partial charge < -0.3 is 8.98 Å². The lowest BCUT2D eigenvalue weighted by atomic mass is 9.93. The molecule has 4 nitrogen and oxygen atoms in total. The van der Waals surface area contributed by atoms with Crippen molar-refractivity contribution in [3.8, 4) is 67.3 Å². The molecule has 67 heavy (non-hydrogen) atoms. The minimum Gasteiger partial charge on any atom is -0.455 e. The Hall–Kier alpha value is -8.43. The summed E-state index contributed by atoms with van der Waals surface area (Å²) in [6, 6.07) is 85.0. The summed E-state index contributed by atoms with van der Waals surface area (Å²) in [4.78, 5) is 10.00. The molecule has 0 aliphatic rings. The highest BCUT2D eigenvalue weighted by molar-refractivity contribution is 7.85. The summed E-state index contributed by atoms with van der Waals surface area (Å²) in [5.74, 6) is 0.700. The molecule has 2 heterocycles. The summed E-state index contributed by atoms with van der Waals surface area (Å²) >= 11 is 0. The summed E-state index contributed by atoms with van der Waals surface area (Å²) in [6.45, 7) is 0. The molecule has 2 aromatic heterocycles. The third kappa shape index (κ3) is 7.25. The van der Waals surface area contributed by atoms with Crippen molar-refractivity contribution in [2.24, 2.45) is 0 Å². The Labute approximate surface area is 388 Å². The van der Waals surface area contributed by atoms with Crippen molar-refractivity contribution in [2.45, 2.75) is 0 Å². The monoisotopic (exact) mass is 876 g/mol. The minimum atomic E-state index is -3.12. The van der Waals surface area contributed by atoms with Gasteiger partial charge in [0.15, 0.2) is 13.0 Å². The second kappa shape index (κ2) is 16.8. The number of fused-ring (bicyclic) bond motifs is 5. The number of hydrogen-bond acceptors (Lipinski definition) is 4. The second-order valence-corrected chi connectivity index (χ2v) is 19.6. The zero-order valence-electron chi connectivity index (χ0n) is 36.3. The molecular weight excluding hydrogens is 836 g/mol. The van der Waals surface area contributed by atoms with Gasteiger partial charge in [0.05, 0.1) is 11.4 Å². The quantitative estimate of drug-likeness (QED) is 0.136. The highest BCUT2D eigenvalue weighted by atomic mass is 31.2. The van der Waals surface area contributed by atoms with Crippen LogP contribution in [0, 0.1) is 0 Å². The molecule has 0 fully saturated rings. The third-order valence-corrected chi connectivity index (χ3v) is 15.9. The molecule has 0 saturated carbocycles. The van der Waals surface area contributed by atoms with Gasteiger partial charge in [-0.05, 0) is 57.0 Å². The van der Waals surface area contributed by atoms with Crippen molar-refractivity contribution in [3.63, 3.8) is 0 Å². The molecule has 0 atom stereocenters. The van der Waals surface area contributed by atoms with Crippen LogP contribution in [0.4, 0.5) is 0 Å². The molecule has 0 aliphatic carbocycles. The van der Waals surface area contributed by atoms with Crippen molar-refractivity contribution in [1.29, 1.82) is 0 Å². The normalized spacial score (nSPS) is 11.6. The van der Waals surface area contributed by atoms with Gasteiger partial charge in [-0.3, -0.25) is 0 Å². The molecule has 0 bridgehead atoms. The van der Waals surface area contributed by atoms with E-state index < -0.39 is 7.14 Å². The van der Waals surface area contributed by atoms with Gasteiger partial charge in [0.1, 0.15) is 11.2 Å². The smallest absolute Gasteiger partial charge is 0.171 e. The Morgan fingerprint density at radius 2 is 0.776 bits per heavy atom. The van der Waals surface area contributed by atoms with Gasteiger partial charge in [0.25, 0.3) is 0 Å². The predicted molar refractivity (Wildman–Crippen MR) is 279 cm³/mol. The fourth-order valence-electron chi connectivity index (χ4n) is 9.45. The van der Waals surface area contributed by atoms with Crippen LogP contribution in [0.2, 0.25) is 0 Å². The topological polar surface area (TPSA) is 56.0 Å². The van der Waals surface area contributed by atoms with Crippen molar-refractivity contribution in [1.82, 2.24) is 9.97 Å². The van der Waals surface area contributed by atoms with Crippen LogP contribution in [0.5, 0.6) is 0 Å². The molecular formula is C62H41N2O2P. The maximum atomic E-state index is 15.2. The summed E-state index contributed by atoms with van der Waals surface area (Å²) in [7, 11) is -3.12. The predicted octanol–water partition coefficient (Wildman–Crippen LogP) is 15.2. The Morgan fingerprint density at radius 3 is 1.37 bits per heavy atom. The fourth-order valence-corrected chi connectivity index (χ4v) is 12.1. The lowest BCUT2D eigenvalue weighted by molar-refractivity contribution is 0.592. The van der Waals surface area contributed by atoms with Crippen LogP contribution in [-0.4, -0.2) is 9.97 Å². The maximum absolute atomic E-state index is 15.2. The number of nitrogens with zero attached hydrogens (tertiary/aromatic N) is 2. The zero-order valence-corrected chi connectivity index (χ0v) is 37.2. The van der Waals surface area contributed by atoms with E-state index in [1.165, 1.54) is 0 Å². The van der Waals surface area contributed by atoms with Crippen molar-refractivity contribution >= 4 is 55.8 Å². The highest BCUT2D eigenvalue weighted by Gasteiger charge is 2.29. The molecule has 12 aromatic rings.